The van der Waals surface area contributed by atoms with Crippen molar-refractivity contribution < 1.29 is 4.39 Å². The molecule has 0 aliphatic heterocycles. The Labute approximate surface area is 151 Å². The fourth-order valence-electron chi connectivity index (χ4n) is 2.13. The molecule has 8 heteroatoms. The summed E-state index contributed by atoms with van der Waals surface area (Å²) in [5.74, 6) is -0.342. The first kappa shape index (κ1) is 18.6. The van der Waals surface area contributed by atoms with E-state index in [4.69, 9.17) is 23.8 Å². The smallest absolute Gasteiger partial charge is 0.170 e. The number of nitrogens with zero attached hydrogens (tertiary/aromatic N) is 3. The molecular formula is C16H21ClFN5S. The molecule has 0 amide bonds. The van der Waals surface area contributed by atoms with Gasteiger partial charge in [0, 0.05) is 23.3 Å². The van der Waals surface area contributed by atoms with Crippen molar-refractivity contribution in [3.8, 4) is 0 Å². The molecule has 1 heterocycles. The molecule has 0 aliphatic rings. The summed E-state index contributed by atoms with van der Waals surface area (Å²) in [7, 11) is 4.07. The Balaban J connectivity index is 1.86. The minimum Gasteiger partial charge on any atom is -0.362 e. The molecule has 24 heavy (non-hydrogen) atoms. The van der Waals surface area contributed by atoms with Gasteiger partial charge in [-0.2, -0.15) is 5.10 Å². The normalized spacial score (nSPS) is 10.9. The van der Waals surface area contributed by atoms with Gasteiger partial charge in [-0.25, -0.2) is 4.39 Å². The Morgan fingerprint density at radius 3 is 2.92 bits per heavy atom. The standard InChI is InChI=1S/C16H21ClFN5S/c1-22(2)8-4-7-19-16(24)21-12-9-20-23(10-12)11-13-14(17)5-3-6-15(13)18/h3,5-6,9-10H,4,7-8,11H2,1-2H3,(H2,19,21,24). The highest BCUT2D eigenvalue weighted by Crippen LogP contribution is 2.20. The highest BCUT2D eigenvalue weighted by atomic mass is 35.5. The van der Waals surface area contributed by atoms with E-state index >= 15 is 0 Å². The summed E-state index contributed by atoms with van der Waals surface area (Å²) in [6, 6.07) is 4.63. The van der Waals surface area contributed by atoms with E-state index in [-0.39, 0.29) is 12.4 Å². The quantitative estimate of drug-likeness (QED) is 0.580. The molecule has 2 aromatic rings. The monoisotopic (exact) mass is 369 g/mol. The summed E-state index contributed by atoms with van der Waals surface area (Å²) in [5.41, 5.74) is 1.16. The first-order chi connectivity index (χ1) is 11.5. The first-order valence-electron chi connectivity index (χ1n) is 7.60. The SMILES string of the molecule is CN(C)CCCNC(=S)Nc1cnn(Cc2c(F)cccc2Cl)c1. The number of benzene rings is 1. The molecule has 0 atom stereocenters. The molecule has 2 rings (SSSR count). The van der Waals surface area contributed by atoms with Crippen molar-refractivity contribution >= 4 is 34.6 Å². The van der Waals surface area contributed by atoms with Crippen LogP contribution in [0.1, 0.15) is 12.0 Å². The van der Waals surface area contributed by atoms with Crippen LogP contribution >= 0.6 is 23.8 Å². The van der Waals surface area contributed by atoms with Crippen molar-refractivity contribution in [1.82, 2.24) is 20.0 Å². The van der Waals surface area contributed by atoms with E-state index in [1.54, 1.807) is 29.2 Å². The largest absolute Gasteiger partial charge is 0.362 e. The number of halogens is 2. The third kappa shape index (κ3) is 5.74. The zero-order valence-corrected chi connectivity index (χ0v) is 15.3. The number of anilines is 1. The zero-order valence-electron chi connectivity index (χ0n) is 13.7. The lowest BCUT2D eigenvalue weighted by Gasteiger charge is -2.11. The number of nitrogens with one attached hydrogen (secondary N) is 2. The Morgan fingerprint density at radius 1 is 1.42 bits per heavy atom. The highest BCUT2D eigenvalue weighted by Gasteiger charge is 2.09. The molecule has 0 fully saturated rings. The predicted molar refractivity (Wildman–Crippen MR) is 100 cm³/mol. The average molecular weight is 370 g/mol. The maximum atomic E-state index is 13.8. The van der Waals surface area contributed by atoms with Crippen LogP contribution < -0.4 is 10.6 Å². The second kappa shape index (κ2) is 8.96. The lowest BCUT2D eigenvalue weighted by atomic mass is 10.2. The van der Waals surface area contributed by atoms with Gasteiger partial charge in [0.1, 0.15) is 5.82 Å². The lowest BCUT2D eigenvalue weighted by molar-refractivity contribution is 0.400. The van der Waals surface area contributed by atoms with Crippen LogP contribution in [-0.4, -0.2) is 47.0 Å². The maximum Gasteiger partial charge on any atom is 0.170 e. The van der Waals surface area contributed by atoms with Crippen LogP contribution in [0.25, 0.3) is 0 Å². The van der Waals surface area contributed by atoms with E-state index in [1.807, 2.05) is 14.1 Å². The third-order valence-electron chi connectivity index (χ3n) is 3.34. The number of rotatable bonds is 7. The molecule has 1 aromatic heterocycles. The number of hydrogen-bond donors (Lipinski definition) is 2. The Hall–Kier alpha value is -1.70. The van der Waals surface area contributed by atoms with Gasteiger partial charge in [0.05, 0.1) is 18.4 Å². The fraction of sp³-hybridized carbons (Fsp3) is 0.375. The topological polar surface area (TPSA) is 45.1 Å². The summed E-state index contributed by atoms with van der Waals surface area (Å²) in [6.45, 7) is 2.05. The van der Waals surface area contributed by atoms with Crippen LogP contribution in [0.3, 0.4) is 0 Å². The fourth-order valence-corrected chi connectivity index (χ4v) is 2.58. The number of hydrogen-bond acceptors (Lipinski definition) is 3. The first-order valence-corrected chi connectivity index (χ1v) is 8.39. The molecule has 0 spiro atoms. The Morgan fingerprint density at radius 2 is 2.21 bits per heavy atom. The summed E-state index contributed by atoms with van der Waals surface area (Å²) in [6.07, 6.45) is 4.40. The van der Waals surface area contributed by atoms with Gasteiger partial charge in [0.15, 0.2) is 5.11 Å². The second-order valence-corrected chi connectivity index (χ2v) is 6.48. The Bertz CT molecular complexity index is 669. The van der Waals surface area contributed by atoms with Crippen molar-refractivity contribution in [3.63, 3.8) is 0 Å². The van der Waals surface area contributed by atoms with Crippen LogP contribution in [0.2, 0.25) is 5.02 Å². The van der Waals surface area contributed by atoms with Crippen LogP contribution in [0.4, 0.5) is 10.1 Å². The van der Waals surface area contributed by atoms with Gasteiger partial charge in [0.2, 0.25) is 0 Å². The molecule has 2 N–H and O–H groups in total. The second-order valence-electron chi connectivity index (χ2n) is 5.66. The van der Waals surface area contributed by atoms with Gasteiger partial charge in [-0.05, 0) is 51.4 Å². The maximum absolute atomic E-state index is 13.8. The van der Waals surface area contributed by atoms with Crippen molar-refractivity contribution in [2.75, 3.05) is 32.5 Å². The highest BCUT2D eigenvalue weighted by molar-refractivity contribution is 7.80. The molecule has 1 aromatic carbocycles. The summed E-state index contributed by atoms with van der Waals surface area (Å²) >= 11 is 11.3. The average Bonchev–Trinajstić information content (AvgIpc) is 2.94. The van der Waals surface area contributed by atoms with Crippen molar-refractivity contribution in [1.29, 1.82) is 0 Å². The van der Waals surface area contributed by atoms with E-state index in [1.165, 1.54) is 6.07 Å². The van der Waals surface area contributed by atoms with Crippen LogP contribution in [-0.2, 0) is 6.54 Å². The van der Waals surface area contributed by atoms with Gasteiger partial charge >= 0.3 is 0 Å². The third-order valence-corrected chi connectivity index (χ3v) is 3.94. The van der Waals surface area contributed by atoms with Gasteiger partial charge in [-0.3, -0.25) is 4.68 Å². The predicted octanol–water partition coefficient (Wildman–Crippen LogP) is 2.96. The van der Waals surface area contributed by atoms with Gasteiger partial charge in [-0.1, -0.05) is 17.7 Å². The molecular weight excluding hydrogens is 349 g/mol. The molecule has 5 nitrogen and oxygen atoms in total. The Kier molecular flexibility index (Phi) is 6.96. The van der Waals surface area contributed by atoms with Gasteiger partial charge in [-0.15, -0.1) is 0 Å². The van der Waals surface area contributed by atoms with E-state index in [2.05, 4.69) is 20.6 Å². The minimum absolute atomic E-state index is 0.260. The molecule has 130 valence electrons. The summed E-state index contributed by atoms with van der Waals surface area (Å²) in [4.78, 5) is 2.12. The summed E-state index contributed by atoms with van der Waals surface area (Å²) < 4.78 is 15.4. The van der Waals surface area contributed by atoms with Crippen LogP contribution in [0.5, 0.6) is 0 Å². The van der Waals surface area contributed by atoms with Gasteiger partial charge < -0.3 is 15.5 Å². The molecule has 0 aliphatic carbocycles. The molecule has 0 saturated heterocycles. The van der Waals surface area contributed by atoms with E-state index in [0.29, 0.717) is 15.7 Å². The molecule has 0 saturated carbocycles. The minimum atomic E-state index is -0.342. The number of thiocarbonyl (C=S) groups is 1. The molecule has 0 radical (unpaired) electrons. The van der Waals surface area contributed by atoms with E-state index in [0.717, 1.165) is 25.2 Å². The molecule has 0 bridgehead atoms. The number of aromatic nitrogens is 2. The van der Waals surface area contributed by atoms with E-state index in [9.17, 15) is 4.39 Å². The lowest BCUT2D eigenvalue weighted by Crippen LogP contribution is -2.30. The summed E-state index contributed by atoms with van der Waals surface area (Å²) in [5, 5.41) is 11.3. The van der Waals surface area contributed by atoms with Crippen molar-refractivity contribution in [2.24, 2.45) is 0 Å². The van der Waals surface area contributed by atoms with Crippen molar-refractivity contribution in [3.05, 3.63) is 47.0 Å². The van der Waals surface area contributed by atoms with Crippen molar-refractivity contribution in [2.45, 2.75) is 13.0 Å². The van der Waals surface area contributed by atoms with Crippen LogP contribution in [0.15, 0.2) is 30.6 Å². The van der Waals surface area contributed by atoms with E-state index < -0.39 is 0 Å². The molecule has 0 unspecified atom stereocenters. The zero-order chi connectivity index (χ0) is 17.5. The van der Waals surface area contributed by atoms with Crippen LogP contribution in [0, 0.1) is 5.82 Å². The van der Waals surface area contributed by atoms with Gasteiger partial charge in [0.25, 0.3) is 0 Å².